The molecule has 2 aromatic carbocycles. The maximum atomic E-state index is 5.76. The average Bonchev–Trinajstić information content (AvgIpc) is 3.16. The summed E-state index contributed by atoms with van der Waals surface area (Å²) in [5.41, 5.74) is 1.18. The Morgan fingerprint density at radius 2 is 1.85 bits per heavy atom. The molecule has 144 valence electrons. The van der Waals surface area contributed by atoms with Gasteiger partial charge in [-0.25, -0.2) is 0 Å². The zero-order valence-corrected chi connectivity index (χ0v) is 15.9. The van der Waals surface area contributed by atoms with Crippen LogP contribution >= 0.6 is 0 Å². The molecule has 1 aliphatic heterocycles. The topological polar surface area (TPSA) is 64.6 Å². The lowest BCUT2D eigenvalue weighted by atomic mass is 10.2. The lowest BCUT2D eigenvalue weighted by Crippen LogP contribution is -2.40. The van der Waals surface area contributed by atoms with Crippen LogP contribution in [0.3, 0.4) is 0 Å². The summed E-state index contributed by atoms with van der Waals surface area (Å²) in [6.07, 6.45) is 0. The molecule has 0 atom stereocenters. The highest BCUT2D eigenvalue weighted by Crippen LogP contribution is 2.34. The van der Waals surface area contributed by atoms with Gasteiger partial charge in [0.15, 0.2) is 17.5 Å². The number of nitrogens with zero attached hydrogens (tertiary/aromatic N) is 2. The summed E-state index contributed by atoms with van der Waals surface area (Å²) in [7, 11) is 5.43. The number of ether oxygens (including phenoxy) is 4. The van der Waals surface area contributed by atoms with E-state index in [1.54, 1.807) is 14.2 Å². The molecule has 7 nitrogen and oxygen atoms in total. The minimum absolute atomic E-state index is 0.261. The number of hydrogen-bond acceptors (Lipinski definition) is 5. The Labute approximate surface area is 159 Å². The van der Waals surface area contributed by atoms with Crippen molar-refractivity contribution >= 4 is 5.96 Å². The van der Waals surface area contributed by atoms with Crippen molar-refractivity contribution in [2.75, 3.05) is 41.1 Å². The molecule has 1 N–H and O–H groups in total. The SMILES string of the molecule is CN=C(NCCOc1ccc2c(c1)OCO2)N(C)Cc1ccc(OC)cc1. The first-order valence-corrected chi connectivity index (χ1v) is 8.77. The molecule has 3 rings (SSSR count). The van der Waals surface area contributed by atoms with Gasteiger partial charge < -0.3 is 29.2 Å². The van der Waals surface area contributed by atoms with Crippen molar-refractivity contribution in [1.82, 2.24) is 10.2 Å². The van der Waals surface area contributed by atoms with Gasteiger partial charge in [0.1, 0.15) is 18.1 Å². The lowest BCUT2D eigenvalue weighted by molar-refractivity contribution is 0.173. The van der Waals surface area contributed by atoms with E-state index in [9.17, 15) is 0 Å². The summed E-state index contributed by atoms with van der Waals surface area (Å²) in [4.78, 5) is 6.38. The molecule has 0 amide bonds. The second-order valence-corrected chi connectivity index (χ2v) is 6.04. The molecule has 0 aromatic heterocycles. The Kier molecular flexibility index (Phi) is 6.25. The van der Waals surface area contributed by atoms with E-state index >= 15 is 0 Å². The highest BCUT2D eigenvalue weighted by Gasteiger charge is 2.13. The minimum atomic E-state index is 0.261. The van der Waals surface area contributed by atoms with E-state index in [0.717, 1.165) is 35.5 Å². The Balaban J connectivity index is 1.44. The molecular formula is C20H25N3O4. The van der Waals surface area contributed by atoms with Gasteiger partial charge in [-0.15, -0.1) is 0 Å². The van der Waals surface area contributed by atoms with Gasteiger partial charge in [-0.3, -0.25) is 4.99 Å². The number of guanidine groups is 1. The Morgan fingerprint density at radius 3 is 2.59 bits per heavy atom. The van der Waals surface area contributed by atoms with Crippen molar-refractivity contribution < 1.29 is 18.9 Å². The van der Waals surface area contributed by atoms with Crippen LogP contribution < -0.4 is 24.3 Å². The quantitative estimate of drug-likeness (QED) is 0.458. The maximum absolute atomic E-state index is 5.76. The molecule has 0 aliphatic carbocycles. The second kappa shape index (κ2) is 9.02. The van der Waals surface area contributed by atoms with Crippen LogP contribution in [0.4, 0.5) is 0 Å². The summed E-state index contributed by atoms with van der Waals surface area (Å²) < 4.78 is 21.6. The first-order valence-electron chi connectivity index (χ1n) is 8.77. The van der Waals surface area contributed by atoms with Crippen molar-refractivity contribution in [1.29, 1.82) is 0 Å². The van der Waals surface area contributed by atoms with Gasteiger partial charge in [-0.05, 0) is 29.8 Å². The Bertz CT molecular complexity index is 777. The first kappa shape index (κ1) is 18.7. The van der Waals surface area contributed by atoms with Gasteiger partial charge in [0.25, 0.3) is 0 Å². The van der Waals surface area contributed by atoms with Crippen LogP contribution in [0.5, 0.6) is 23.0 Å². The van der Waals surface area contributed by atoms with E-state index in [-0.39, 0.29) is 6.79 Å². The molecule has 0 spiro atoms. The van der Waals surface area contributed by atoms with E-state index in [1.807, 2.05) is 49.5 Å². The van der Waals surface area contributed by atoms with Crippen LogP contribution in [0.25, 0.3) is 0 Å². The van der Waals surface area contributed by atoms with Crippen LogP contribution in [0.1, 0.15) is 5.56 Å². The van der Waals surface area contributed by atoms with Gasteiger partial charge in [-0.2, -0.15) is 0 Å². The third-order valence-corrected chi connectivity index (χ3v) is 4.15. The van der Waals surface area contributed by atoms with Crippen LogP contribution in [-0.4, -0.2) is 52.0 Å². The van der Waals surface area contributed by atoms with Crippen LogP contribution in [0.2, 0.25) is 0 Å². The first-order chi connectivity index (χ1) is 13.2. The fourth-order valence-electron chi connectivity index (χ4n) is 2.76. The predicted molar refractivity (Wildman–Crippen MR) is 104 cm³/mol. The Hall–Kier alpha value is -3.09. The molecule has 7 heteroatoms. The molecular weight excluding hydrogens is 346 g/mol. The van der Waals surface area contributed by atoms with E-state index < -0.39 is 0 Å². The number of hydrogen-bond donors (Lipinski definition) is 1. The van der Waals surface area contributed by atoms with Gasteiger partial charge in [0.2, 0.25) is 6.79 Å². The smallest absolute Gasteiger partial charge is 0.231 e. The number of nitrogens with one attached hydrogen (secondary N) is 1. The van der Waals surface area contributed by atoms with E-state index in [1.165, 1.54) is 5.56 Å². The van der Waals surface area contributed by atoms with Crippen molar-refractivity contribution in [3.05, 3.63) is 48.0 Å². The van der Waals surface area contributed by atoms with Gasteiger partial charge >= 0.3 is 0 Å². The highest BCUT2D eigenvalue weighted by molar-refractivity contribution is 5.79. The fourth-order valence-corrected chi connectivity index (χ4v) is 2.76. The van der Waals surface area contributed by atoms with E-state index in [2.05, 4.69) is 15.2 Å². The molecule has 0 saturated carbocycles. The van der Waals surface area contributed by atoms with Crippen LogP contribution in [0, 0.1) is 0 Å². The molecule has 0 fully saturated rings. The standard InChI is InChI=1S/C20H25N3O4/c1-21-20(23(2)13-15-4-6-16(24-3)7-5-15)22-10-11-25-17-8-9-18-19(12-17)27-14-26-18/h4-9,12H,10-11,13-14H2,1-3H3,(H,21,22). The number of aliphatic imine (C=N–C) groups is 1. The summed E-state index contributed by atoms with van der Waals surface area (Å²) in [5.74, 6) is 3.88. The average molecular weight is 371 g/mol. The van der Waals surface area contributed by atoms with Crippen molar-refractivity contribution in [2.45, 2.75) is 6.54 Å². The second-order valence-electron chi connectivity index (χ2n) is 6.04. The zero-order chi connectivity index (χ0) is 19.1. The monoisotopic (exact) mass is 371 g/mol. The van der Waals surface area contributed by atoms with Crippen LogP contribution in [-0.2, 0) is 6.54 Å². The zero-order valence-electron chi connectivity index (χ0n) is 15.9. The molecule has 1 heterocycles. The predicted octanol–water partition coefficient (Wildman–Crippen LogP) is 2.51. The van der Waals surface area contributed by atoms with E-state index in [4.69, 9.17) is 18.9 Å². The fraction of sp³-hybridized carbons (Fsp3) is 0.350. The van der Waals surface area contributed by atoms with Crippen molar-refractivity contribution in [3.8, 4) is 23.0 Å². The molecule has 0 saturated heterocycles. The van der Waals surface area contributed by atoms with Crippen molar-refractivity contribution in [2.24, 2.45) is 4.99 Å². The lowest BCUT2D eigenvalue weighted by Gasteiger charge is -2.22. The molecule has 0 bridgehead atoms. The summed E-state index contributed by atoms with van der Waals surface area (Å²) >= 11 is 0. The molecule has 0 unspecified atom stereocenters. The number of rotatable bonds is 7. The largest absolute Gasteiger partial charge is 0.497 e. The number of methoxy groups -OCH3 is 1. The van der Waals surface area contributed by atoms with Gasteiger partial charge in [0.05, 0.1) is 13.7 Å². The Morgan fingerprint density at radius 1 is 1.11 bits per heavy atom. The normalized spacial score (nSPS) is 12.6. The van der Waals surface area contributed by atoms with Crippen molar-refractivity contribution in [3.63, 3.8) is 0 Å². The molecule has 27 heavy (non-hydrogen) atoms. The molecule has 1 aliphatic rings. The summed E-state index contributed by atoms with van der Waals surface area (Å²) in [5, 5.41) is 3.30. The third kappa shape index (κ3) is 4.97. The highest BCUT2D eigenvalue weighted by atomic mass is 16.7. The number of benzene rings is 2. The summed E-state index contributed by atoms with van der Waals surface area (Å²) in [6.45, 7) is 2.15. The van der Waals surface area contributed by atoms with E-state index in [0.29, 0.717) is 13.2 Å². The molecule has 0 radical (unpaired) electrons. The minimum Gasteiger partial charge on any atom is -0.497 e. The summed E-state index contributed by atoms with van der Waals surface area (Å²) in [6, 6.07) is 13.6. The molecule has 2 aromatic rings. The van der Waals surface area contributed by atoms with Crippen LogP contribution in [0.15, 0.2) is 47.5 Å². The van der Waals surface area contributed by atoms with Gasteiger partial charge in [0, 0.05) is 26.7 Å². The third-order valence-electron chi connectivity index (χ3n) is 4.15. The number of fused-ring (bicyclic) bond motifs is 1. The maximum Gasteiger partial charge on any atom is 0.231 e. The van der Waals surface area contributed by atoms with Gasteiger partial charge in [-0.1, -0.05) is 12.1 Å².